The number of carbonyl (C=O) groups excluding carboxylic acids is 3. The highest BCUT2D eigenvalue weighted by Crippen LogP contribution is 2.23. The normalized spacial score (nSPS) is 15.8. The van der Waals surface area contributed by atoms with Crippen molar-refractivity contribution in [3.63, 3.8) is 0 Å². The Kier molecular flexibility index (Phi) is 4.99. The predicted octanol–water partition coefficient (Wildman–Crippen LogP) is 1.78. The van der Waals surface area contributed by atoms with Gasteiger partial charge in [0.25, 0.3) is 11.8 Å². The molecule has 0 spiro atoms. The molecule has 130 valence electrons. The van der Waals surface area contributed by atoms with Crippen molar-refractivity contribution >= 4 is 34.7 Å². The molecule has 0 aromatic carbocycles. The molecule has 3 amide bonds. The molecule has 2 aromatic heterocycles. The maximum Gasteiger partial charge on any atom is 0.268 e. The van der Waals surface area contributed by atoms with Gasteiger partial charge < -0.3 is 20.5 Å². The van der Waals surface area contributed by atoms with Crippen LogP contribution in [-0.2, 0) is 4.79 Å². The fourth-order valence-electron chi connectivity index (χ4n) is 2.67. The number of nitrogens with one attached hydrogen (secondary N) is 3. The summed E-state index contributed by atoms with van der Waals surface area (Å²) in [6.07, 6.45) is 3.44. The zero-order chi connectivity index (χ0) is 17.8. The molecule has 0 fully saturated rings. The molecule has 8 heteroatoms. The summed E-state index contributed by atoms with van der Waals surface area (Å²) < 4.78 is 1.70. The monoisotopic (exact) mass is 358 g/mol. The minimum atomic E-state index is -0.289. The lowest BCUT2D eigenvalue weighted by molar-refractivity contribution is -0.121. The third kappa shape index (κ3) is 3.80. The van der Waals surface area contributed by atoms with Crippen LogP contribution in [0.25, 0.3) is 0 Å². The fraction of sp³-hybridized carbons (Fsp3) is 0.235. The average molecular weight is 358 g/mol. The molecule has 1 aliphatic heterocycles. The van der Waals surface area contributed by atoms with Crippen LogP contribution >= 0.6 is 11.3 Å². The van der Waals surface area contributed by atoms with Crippen LogP contribution in [0.2, 0.25) is 0 Å². The van der Waals surface area contributed by atoms with Gasteiger partial charge in [-0.25, -0.2) is 0 Å². The quantitative estimate of drug-likeness (QED) is 0.687. The van der Waals surface area contributed by atoms with Crippen molar-refractivity contribution in [3.05, 3.63) is 53.0 Å². The summed E-state index contributed by atoms with van der Waals surface area (Å²) in [5.41, 5.74) is 1.47. The average Bonchev–Trinajstić information content (AvgIpc) is 3.25. The van der Waals surface area contributed by atoms with Crippen LogP contribution in [0.1, 0.15) is 33.3 Å². The Balaban J connectivity index is 1.78. The molecule has 2 aromatic rings. The Morgan fingerprint density at radius 2 is 2.32 bits per heavy atom. The van der Waals surface area contributed by atoms with E-state index < -0.39 is 0 Å². The van der Waals surface area contributed by atoms with Gasteiger partial charge in [-0.05, 0) is 17.5 Å². The lowest BCUT2D eigenvalue weighted by Crippen LogP contribution is -2.40. The topological polar surface area (TPSA) is 92.2 Å². The van der Waals surface area contributed by atoms with Crippen molar-refractivity contribution in [1.29, 1.82) is 0 Å². The van der Waals surface area contributed by atoms with Crippen LogP contribution in [0.5, 0.6) is 0 Å². The van der Waals surface area contributed by atoms with E-state index in [2.05, 4.69) is 22.5 Å². The maximum atomic E-state index is 12.4. The lowest BCUT2D eigenvalue weighted by atomic mass is 10.1. The van der Waals surface area contributed by atoms with Gasteiger partial charge in [0.05, 0.1) is 17.3 Å². The van der Waals surface area contributed by atoms with E-state index in [0.29, 0.717) is 30.0 Å². The zero-order valence-electron chi connectivity index (χ0n) is 13.5. The van der Waals surface area contributed by atoms with Crippen LogP contribution in [0.4, 0.5) is 5.69 Å². The minimum absolute atomic E-state index is 0.134. The number of anilines is 1. The van der Waals surface area contributed by atoms with Gasteiger partial charge in [-0.3, -0.25) is 14.4 Å². The summed E-state index contributed by atoms with van der Waals surface area (Å²) >= 11 is 1.48. The second kappa shape index (κ2) is 7.35. The number of rotatable bonds is 6. The maximum absolute atomic E-state index is 12.4. The second-order valence-corrected chi connectivity index (χ2v) is 6.43. The van der Waals surface area contributed by atoms with Crippen molar-refractivity contribution in [3.8, 4) is 0 Å². The molecule has 0 saturated carbocycles. The Bertz CT molecular complexity index is 810. The highest BCUT2D eigenvalue weighted by molar-refractivity contribution is 7.08. The molecular weight excluding hydrogens is 340 g/mol. The molecule has 0 aliphatic carbocycles. The lowest BCUT2D eigenvalue weighted by Gasteiger charge is -2.25. The SMILES string of the molecule is C=CCNC(=O)CC1CNC(=O)c2cc(C(=O)Nc3ccsc3)cn21. The molecule has 0 saturated heterocycles. The zero-order valence-corrected chi connectivity index (χ0v) is 14.3. The first-order valence-electron chi connectivity index (χ1n) is 7.79. The summed E-state index contributed by atoms with van der Waals surface area (Å²) in [6, 6.07) is 3.11. The summed E-state index contributed by atoms with van der Waals surface area (Å²) in [6.45, 7) is 4.29. The van der Waals surface area contributed by atoms with Gasteiger partial charge in [0.1, 0.15) is 5.69 Å². The van der Waals surface area contributed by atoms with Gasteiger partial charge in [0.15, 0.2) is 0 Å². The summed E-state index contributed by atoms with van der Waals surface area (Å²) in [7, 11) is 0. The van der Waals surface area contributed by atoms with Crippen LogP contribution in [0, 0.1) is 0 Å². The Labute approximate surface area is 148 Å². The largest absolute Gasteiger partial charge is 0.353 e. The van der Waals surface area contributed by atoms with Crippen LogP contribution in [-0.4, -0.2) is 35.4 Å². The first-order valence-corrected chi connectivity index (χ1v) is 8.74. The third-order valence-corrected chi connectivity index (χ3v) is 4.56. The van der Waals surface area contributed by atoms with Gasteiger partial charge in [0, 0.05) is 31.1 Å². The first-order chi connectivity index (χ1) is 12.1. The summed E-state index contributed by atoms with van der Waals surface area (Å²) in [5.74, 6) is -0.676. The van der Waals surface area contributed by atoms with Crippen molar-refractivity contribution in [1.82, 2.24) is 15.2 Å². The van der Waals surface area contributed by atoms with Crippen LogP contribution in [0.15, 0.2) is 41.7 Å². The molecule has 0 radical (unpaired) electrons. The molecule has 7 nitrogen and oxygen atoms in total. The number of thiophene rings is 1. The number of amides is 3. The smallest absolute Gasteiger partial charge is 0.268 e. The Morgan fingerprint density at radius 3 is 3.04 bits per heavy atom. The number of aromatic nitrogens is 1. The van der Waals surface area contributed by atoms with E-state index in [4.69, 9.17) is 0 Å². The molecule has 3 N–H and O–H groups in total. The van der Waals surface area contributed by atoms with Crippen molar-refractivity contribution < 1.29 is 14.4 Å². The van der Waals surface area contributed by atoms with E-state index in [1.165, 1.54) is 11.3 Å². The highest BCUT2D eigenvalue weighted by atomic mass is 32.1. The molecular formula is C17H18N4O3S. The molecule has 1 atom stereocenters. The Morgan fingerprint density at radius 1 is 1.48 bits per heavy atom. The Hall–Kier alpha value is -2.87. The number of nitrogens with zero attached hydrogens (tertiary/aromatic N) is 1. The highest BCUT2D eigenvalue weighted by Gasteiger charge is 2.28. The van der Waals surface area contributed by atoms with E-state index in [-0.39, 0.29) is 30.2 Å². The van der Waals surface area contributed by atoms with Gasteiger partial charge >= 0.3 is 0 Å². The molecule has 1 aliphatic rings. The number of carbonyl (C=O) groups is 3. The van der Waals surface area contributed by atoms with Crippen molar-refractivity contribution in [2.75, 3.05) is 18.4 Å². The van der Waals surface area contributed by atoms with Gasteiger partial charge in [0.2, 0.25) is 5.91 Å². The predicted molar refractivity (Wildman–Crippen MR) is 95.9 cm³/mol. The third-order valence-electron chi connectivity index (χ3n) is 3.88. The molecule has 1 unspecified atom stereocenters. The standard InChI is InChI=1S/C17H18N4O3S/c1-2-4-18-15(22)7-13-8-19-17(24)14-6-11(9-21(13)14)16(23)20-12-3-5-25-10-12/h2-3,5-6,9-10,13H,1,4,7-8H2,(H,18,22)(H,19,24)(H,20,23). The van der Waals surface area contributed by atoms with E-state index in [1.807, 2.05) is 10.8 Å². The number of hydrogen-bond donors (Lipinski definition) is 3. The first kappa shape index (κ1) is 17.0. The number of hydrogen-bond acceptors (Lipinski definition) is 4. The van der Waals surface area contributed by atoms with E-state index in [1.54, 1.807) is 29.0 Å². The molecule has 0 bridgehead atoms. The van der Waals surface area contributed by atoms with Gasteiger partial charge in [-0.1, -0.05) is 6.08 Å². The second-order valence-electron chi connectivity index (χ2n) is 5.65. The van der Waals surface area contributed by atoms with E-state index >= 15 is 0 Å². The van der Waals surface area contributed by atoms with E-state index in [0.717, 1.165) is 0 Å². The van der Waals surface area contributed by atoms with Crippen LogP contribution < -0.4 is 16.0 Å². The van der Waals surface area contributed by atoms with Crippen molar-refractivity contribution in [2.24, 2.45) is 0 Å². The fourth-order valence-corrected chi connectivity index (χ4v) is 3.26. The van der Waals surface area contributed by atoms with Crippen LogP contribution in [0.3, 0.4) is 0 Å². The molecule has 3 rings (SSSR count). The minimum Gasteiger partial charge on any atom is -0.353 e. The van der Waals surface area contributed by atoms with E-state index in [9.17, 15) is 14.4 Å². The number of fused-ring (bicyclic) bond motifs is 1. The van der Waals surface area contributed by atoms with Crippen molar-refractivity contribution in [2.45, 2.75) is 12.5 Å². The van der Waals surface area contributed by atoms with Gasteiger partial charge in [-0.15, -0.1) is 6.58 Å². The summed E-state index contributed by atoms with van der Waals surface area (Å²) in [5, 5.41) is 12.0. The molecule has 25 heavy (non-hydrogen) atoms. The van der Waals surface area contributed by atoms with Gasteiger partial charge in [-0.2, -0.15) is 11.3 Å². The molecule has 3 heterocycles. The summed E-state index contributed by atoms with van der Waals surface area (Å²) in [4.78, 5) is 36.4.